The maximum Gasteiger partial charge on any atom is 0.249 e. The monoisotopic (exact) mass is 407 g/mol. The van der Waals surface area contributed by atoms with E-state index in [0.29, 0.717) is 33.9 Å². The Labute approximate surface area is 170 Å². The number of hydrogen-bond acceptors (Lipinski definition) is 4. The standard InChI is InChI=1S/C21H18FN5O3/c1-11-18(12-2-6-14(22)7-3-12)26-27-16(10-17(28)25-20(11)27)21(30)24-15-8-4-13(5-9-15)19(23)29/h2-9,16H,10H2,1H3,(H2,23,29)(H,24,30)(H,25,28). The molecule has 1 aliphatic heterocycles. The highest BCUT2D eigenvalue weighted by molar-refractivity contribution is 6.02. The Balaban J connectivity index is 1.65. The number of aromatic nitrogens is 2. The molecule has 0 aliphatic carbocycles. The van der Waals surface area contributed by atoms with Crippen molar-refractivity contribution in [3.63, 3.8) is 0 Å². The molecule has 8 nitrogen and oxygen atoms in total. The second kappa shape index (κ2) is 7.43. The first kappa shape index (κ1) is 19.3. The lowest BCUT2D eigenvalue weighted by molar-refractivity contribution is -0.125. The first-order chi connectivity index (χ1) is 14.3. The quantitative estimate of drug-likeness (QED) is 0.616. The second-order valence-corrected chi connectivity index (χ2v) is 6.97. The van der Waals surface area contributed by atoms with Crippen LogP contribution in [0.25, 0.3) is 11.3 Å². The van der Waals surface area contributed by atoms with Gasteiger partial charge in [0.15, 0.2) is 0 Å². The zero-order valence-corrected chi connectivity index (χ0v) is 16.0. The van der Waals surface area contributed by atoms with Gasteiger partial charge in [0.25, 0.3) is 0 Å². The highest BCUT2D eigenvalue weighted by atomic mass is 19.1. The molecule has 0 radical (unpaired) electrons. The summed E-state index contributed by atoms with van der Waals surface area (Å²) in [6.07, 6.45) is -0.0812. The van der Waals surface area contributed by atoms with Crippen LogP contribution in [-0.4, -0.2) is 27.5 Å². The summed E-state index contributed by atoms with van der Waals surface area (Å²) in [4.78, 5) is 36.3. The minimum atomic E-state index is -0.863. The van der Waals surface area contributed by atoms with Crippen LogP contribution in [0.3, 0.4) is 0 Å². The van der Waals surface area contributed by atoms with Crippen LogP contribution < -0.4 is 16.4 Å². The van der Waals surface area contributed by atoms with Crippen molar-refractivity contribution in [2.75, 3.05) is 10.6 Å². The Hall–Kier alpha value is -4.01. The summed E-state index contributed by atoms with van der Waals surface area (Å²) in [6, 6.07) is 11.1. The summed E-state index contributed by atoms with van der Waals surface area (Å²) < 4.78 is 14.7. The fourth-order valence-electron chi connectivity index (χ4n) is 3.37. The van der Waals surface area contributed by atoms with Crippen molar-refractivity contribution in [2.24, 2.45) is 5.73 Å². The number of carbonyl (C=O) groups is 3. The normalized spacial score (nSPS) is 15.3. The molecule has 152 valence electrons. The predicted octanol–water partition coefficient (Wildman–Crippen LogP) is 2.62. The Morgan fingerprint density at radius 1 is 1.17 bits per heavy atom. The zero-order chi connectivity index (χ0) is 21.4. The maximum absolute atomic E-state index is 13.3. The molecule has 0 saturated carbocycles. The summed E-state index contributed by atoms with van der Waals surface area (Å²) in [5, 5.41) is 10.0. The number of anilines is 2. The van der Waals surface area contributed by atoms with Crippen LogP contribution in [0.4, 0.5) is 15.9 Å². The van der Waals surface area contributed by atoms with Crippen LogP contribution in [0.1, 0.15) is 28.4 Å². The third kappa shape index (κ3) is 3.52. The summed E-state index contributed by atoms with van der Waals surface area (Å²) in [5.74, 6) is -1.24. The minimum absolute atomic E-state index is 0.0812. The van der Waals surface area contributed by atoms with Gasteiger partial charge in [-0.15, -0.1) is 0 Å². The van der Waals surface area contributed by atoms with Crippen molar-refractivity contribution >= 4 is 29.2 Å². The number of primary amides is 1. The highest BCUT2D eigenvalue weighted by Gasteiger charge is 2.34. The Kier molecular flexibility index (Phi) is 4.78. The molecule has 3 aromatic rings. The van der Waals surface area contributed by atoms with E-state index in [9.17, 15) is 18.8 Å². The van der Waals surface area contributed by atoms with Crippen LogP contribution in [0.15, 0.2) is 48.5 Å². The SMILES string of the molecule is Cc1c(-c2ccc(F)cc2)nn2c1NC(=O)CC2C(=O)Nc1ccc(C(N)=O)cc1. The first-order valence-electron chi connectivity index (χ1n) is 9.19. The Morgan fingerprint density at radius 3 is 2.47 bits per heavy atom. The number of benzene rings is 2. The molecule has 0 saturated heterocycles. The number of nitrogens with two attached hydrogens (primary N) is 1. The number of halogens is 1. The molecule has 1 aromatic heterocycles. The number of carbonyl (C=O) groups excluding carboxylic acids is 3. The second-order valence-electron chi connectivity index (χ2n) is 6.97. The number of fused-ring (bicyclic) bond motifs is 1. The van der Waals surface area contributed by atoms with Crippen molar-refractivity contribution in [3.05, 3.63) is 65.5 Å². The van der Waals surface area contributed by atoms with Gasteiger partial charge in [0.05, 0.1) is 12.1 Å². The van der Waals surface area contributed by atoms with E-state index in [1.54, 1.807) is 31.2 Å². The van der Waals surface area contributed by atoms with Crippen molar-refractivity contribution < 1.29 is 18.8 Å². The van der Waals surface area contributed by atoms with Gasteiger partial charge in [0.1, 0.15) is 17.7 Å². The third-order valence-corrected chi connectivity index (χ3v) is 4.94. The molecule has 2 heterocycles. The van der Waals surface area contributed by atoms with Crippen LogP contribution in [0, 0.1) is 12.7 Å². The molecule has 0 spiro atoms. The summed E-state index contributed by atoms with van der Waals surface area (Å²) >= 11 is 0. The molecule has 2 aromatic carbocycles. The van der Waals surface area contributed by atoms with Crippen LogP contribution in [0.5, 0.6) is 0 Å². The molecule has 3 amide bonds. The van der Waals surface area contributed by atoms with Gasteiger partial charge in [-0.2, -0.15) is 5.10 Å². The van der Waals surface area contributed by atoms with Gasteiger partial charge < -0.3 is 16.4 Å². The van der Waals surface area contributed by atoms with Crippen molar-refractivity contribution in [3.8, 4) is 11.3 Å². The first-order valence-corrected chi connectivity index (χ1v) is 9.19. The van der Waals surface area contributed by atoms with Crippen LogP contribution >= 0.6 is 0 Å². The smallest absolute Gasteiger partial charge is 0.249 e. The molecule has 30 heavy (non-hydrogen) atoms. The van der Waals surface area contributed by atoms with E-state index in [4.69, 9.17) is 5.73 Å². The minimum Gasteiger partial charge on any atom is -0.366 e. The van der Waals surface area contributed by atoms with Crippen molar-refractivity contribution in [2.45, 2.75) is 19.4 Å². The zero-order valence-electron chi connectivity index (χ0n) is 16.0. The van der Waals surface area contributed by atoms with E-state index in [2.05, 4.69) is 15.7 Å². The summed E-state index contributed by atoms with van der Waals surface area (Å²) in [6.45, 7) is 1.78. The molecule has 9 heteroatoms. The van der Waals surface area contributed by atoms with Gasteiger partial charge in [0, 0.05) is 22.4 Å². The van der Waals surface area contributed by atoms with Crippen molar-refractivity contribution in [1.82, 2.24) is 9.78 Å². The molecule has 4 N–H and O–H groups in total. The predicted molar refractivity (Wildman–Crippen MR) is 108 cm³/mol. The molecular formula is C21H18FN5O3. The topological polar surface area (TPSA) is 119 Å². The maximum atomic E-state index is 13.3. The molecule has 0 fully saturated rings. The van der Waals surface area contributed by atoms with E-state index in [0.717, 1.165) is 0 Å². The van der Waals surface area contributed by atoms with E-state index >= 15 is 0 Å². The molecule has 1 aliphatic rings. The van der Waals surface area contributed by atoms with E-state index in [1.807, 2.05) is 0 Å². The van der Waals surface area contributed by atoms with E-state index in [-0.39, 0.29) is 18.1 Å². The van der Waals surface area contributed by atoms with Gasteiger partial charge in [-0.25, -0.2) is 9.07 Å². The third-order valence-electron chi connectivity index (χ3n) is 4.94. The average molecular weight is 407 g/mol. The fraction of sp³-hybridized carbons (Fsp3) is 0.143. The Bertz CT molecular complexity index is 1150. The molecule has 0 bridgehead atoms. The van der Waals surface area contributed by atoms with Gasteiger partial charge >= 0.3 is 0 Å². The lowest BCUT2D eigenvalue weighted by atomic mass is 10.1. The summed E-state index contributed by atoms with van der Waals surface area (Å²) in [7, 11) is 0. The Morgan fingerprint density at radius 2 is 1.83 bits per heavy atom. The fourth-order valence-corrected chi connectivity index (χ4v) is 3.37. The van der Waals surface area contributed by atoms with Gasteiger partial charge in [-0.05, 0) is 55.5 Å². The molecule has 1 atom stereocenters. The van der Waals surface area contributed by atoms with Crippen LogP contribution in [0.2, 0.25) is 0 Å². The number of nitrogens with one attached hydrogen (secondary N) is 2. The molecule has 1 unspecified atom stereocenters. The number of amides is 3. The van der Waals surface area contributed by atoms with E-state index in [1.165, 1.54) is 28.9 Å². The summed E-state index contributed by atoms with van der Waals surface area (Å²) in [5.41, 5.74) is 7.90. The lowest BCUT2D eigenvalue weighted by Crippen LogP contribution is -2.35. The van der Waals surface area contributed by atoms with Gasteiger partial charge in [0.2, 0.25) is 17.7 Å². The average Bonchev–Trinajstić information content (AvgIpc) is 3.05. The number of rotatable bonds is 4. The number of nitrogens with zero attached hydrogens (tertiary/aromatic N) is 2. The largest absolute Gasteiger partial charge is 0.366 e. The van der Waals surface area contributed by atoms with Gasteiger partial charge in [-0.1, -0.05) is 0 Å². The van der Waals surface area contributed by atoms with Crippen molar-refractivity contribution in [1.29, 1.82) is 0 Å². The van der Waals surface area contributed by atoms with Gasteiger partial charge in [-0.3, -0.25) is 14.4 Å². The highest BCUT2D eigenvalue weighted by Crippen LogP contribution is 2.34. The molecule has 4 rings (SSSR count). The number of hydrogen-bond donors (Lipinski definition) is 3. The van der Waals surface area contributed by atoms with E-state index < -0.39 is 17.9 Å². The lowest BCUT2D eigenvalue weighted by Gasteiger charge is -2.24. The molecular weight excluding hydrogens is 389 g/mol. The van der Waals surface area contributed by atoms with Crippen LogP contribution in [-0.2, 0) is 9.59 Å².